The van der Waals surface area contributed by atoms with Crippen LogP contribution in [0.3, 0.4) is 0 Å². The van der Waals surface area contributed by atoms with Crippen molar-refractivity contribution in [3.05, 3.63) is 35.0 Å². The smallest absolute Gasteiger partial charge is 0.223 e. The summed E-state index contributed by atoms with van der Waals surface area (Å²) in [7, 11) is 0. The molecule has 1 aromatic carbocycles. The fourth-order valence-electron chi connectivity index (χ4n) is 5.22. The quantitative estimate of drug-likeness (QED) is 0.589. The number of hydrogen-bond donors (Lipinski definition) is 1. The van der Waals surface area contributed by atoms with Crippen molar-refractivity contribution in [1.82, 2.24) is 19.5 Å². The normalized spacial score (nSPS) is 23.4. The fourth-order valence-corrected chi connectivity index (χ4v) is 5.42. The highest BCUT2D eigenvalue weighted by atomic mass is 35.5. The summed E-state index contributed by atoms with van der Waals surface area (Å²) in [5, 5.41) is 3.89. The molecular formula is C22H25ClFN5. The number of benzene rings is 1. The molecule has 1 N–H and O–H groups in total. The predicted molar refractivity (Wildman–Crippen MR) is 114 cm³/mol. The number of hydrogen-bond acceptors (Lipinski definition) is 4. The highest BCUT2D eigenvalue weighted by Gasteiger charge is 2.43. The van der Waals surface area contributed by atoms with E-state index in [1.165, 1.54) is 31.7 Å². The third-order valence-electron chi connectivity index (χ3n) is 6.56. The Hall–Kier alpha value is -2.21. The third kappa shape index (κ3) is 3.08. The molecule has 0 spiro atoms. The second-order valence-corrected chi connectivity index (χ2v) is 9.09. The van der Waals surface area contributed by atoms with E-state index in [0.717, 1.165) is 23.2 Å². The maximum absolute atomic E-state index is 14.9. The van der Waals surface area contributed by atoms with E-state index >= 15 is 0 Å². The molecule has 29 heavy (non-hydrogen) atoms. The van der Waals surface area contributed by atoms with E-state index in [1.54, 1.807) is 6.20 Å². The molecule has 5 rings (SSSR count). The van der Waals surface area contributed by atoms with E-state index in [0.29, 0.717) is 33.8 Å². The zero-order valence-electron chi connectivity index (χ0n) is 16.9. The van der Waals surface area contributed by atoms with Crippen LogP contribution in [0, 0.1) is 24.6 Å². The van der Waals surface area contributed by atoms with Crippen molar-refractivity contribution < 1.29 is 4.39 Å². The Morgan fingerprint density at radius 2 is 2.07 bits per heavy atom. The molecule has 2 saturated carbocycles. The van der Waals surface area contributed by atoms with Crippen LogP contribution < -0.4 is 5.32 Å². The first-order valence-electron chi connectivity index (χ1n) is 10.4. The van der Waals surface area contributed by atoms with E-state index in [4.69, 9.17) is 11.6 Å². The molecule has 3 atom stereocenters. The first-order chi connectivity index (χ1) is 13.9. The minimum atomic E-state index is -0.364. The van der Waals surface area contributed by atoms with Gasteiger partial charge < -0.3 is 9.88 Å². The second kappa shape index (κ2) is 6.94. The Kier molecular flexibility index (Phi) is 4.50. The molecule has 0 saturated heterocycles. The lowest BCUT2D eigenvalue weighted by Crippen LogP contribution is -2.43. The van der Waals surface area contributed by atoms with E-state index in [-0.39, 0.29) is 11.9 Å². The van der Waals surface area contributed by atoms with Gasteiger partial charge >= 0.3 is 0 Å². The predicted octanol–water partition coefficient (Wildman–Crippen LogP) is 5.78. The second-order valence-electron chi connectivity index (χ2n) is 8.68. The van der Waals surface area contributed by atoms with Gasteiger partial charge in [-0.3, -0.25) is 0 Å². The molecule has 2 aliphatic carbocycles. The molecule has 152 valence electrons. The van der Waals surface area contributed by atoms with Crippen LogP contribution in [0.2, 0.25) is 5.02 Å². The van der Waals surface area contributed by atoms with Gasteiger partial charge in [0.25, 0.3) is 0 Å². The summed E-state index contributed by atoms with van der Waals surface area (Å²) in [5.74, 6) is 2.58. The maximum Gasteiger partial charge on any atom is 0.223 e. The van der Waals surface area contributed by atoms with Crippen LogP contribution in [0.1, 0.15) is 51.4 Å². The summed E-state index contributed by atoms with van der Waals surface area (Å²) >= 11 is 6.42. The number of fused-ring (bicyclic) bond motifs is 2. The summed E-state index contributed by atoms with van der Waals surface area (Å²) in [6, 6.07) is 3.99. The summed E-state index contributed by atoms with van der Waals surface area (Å²) < 4.78 is 16.9. The molecule has 3 aromatic rings. The van der Waals surface area contributed by atoms with Gasteiger partial charge in [-0.15, -0.1) is 0 Å². The lowest BCUT2D eigenvalue weighted by molar-refractivity contribution is 0.188. The number of imidazole rings is 1. The van der Waals surface area contributed by atoms with Gasteiger partial charge in [0.1, 0.15) is 11.3 Å². The van der Waals surface area contributed by atoms with Gasteiger partial charge in [0.15, 0.2) is 5.82 Å². The SMILES string of the molecule is Cc1nc2c(F)cc(-c3nc(NC4CC5CCCC54)ncc3Cl)cc2n1C(C)C. The number of nitrogens with one attached hydrogen (secondary N) is 1. The molecule has 2 aromatic heterocycles. The number of aromatic nitrogens is 4. The van der Waals surface area contributed by atoms with Gasteiger partial charge in [-0.25, -0.2) is 19.3 Å². The average molecular weight is 414 g/mol. The Morgan fingerprint density at radius 1 is 1.24 bits per heavy atom. The summed E-state index contributed by atoms with van der Waals surface area (Å²) in [6.07, 6.45) is 6.73. The fraction of sp³-hybridized carbons (Fsp3) is 0.500. The first kappa shape index (κ1) is 18.8. The van der Waals surface area contributed by atoms with Gasteiger partial charge in [0, 0.05) is 17.6 Å². The van der Waals surface area contributed by atoms with Crippen LogP contribution in [0.4, 0.5) is 10.3 Å². The maximum atomic E-state index is 14.9. The minimum absolute atomic E-state index is 0.172. The Bertz CT molecular complexity index is 1090. The average Bonchev–Trinajstić information content (AvgIpc) is 3.20. The van der Waals surface area contributed by atoms with Crippen LogP contribution in [-0.4, -0.2) is 25.6 Å². The lowest BCUT2D eigenvalue weighted by Gasteiger charge is -2.40. The monoisotopic (exact) mass is 413 g/mol. The van der Waals surface area contributed by atoms with Gasteiger partial charge in [0.2, 0.25) is 5.95 Å². The third-order valence-corrected chi connectivity index (χ3v) is 6.84. The number of rotatable bonds is 4. The van der Waals surface area contributed by atoms with Crippen LogP contribution in [0.15, 0.2) is 18.3 Å². The molecule has 5 nitrogen and oxygen atoms in total. The highest BCUT2D eigenvalue weighted by Crippen LogP contribution is 2.47. The van der Waals surface area contributed by atoms with Crippen molar-refractivity contribution in [1.29, 1.82) is 0 Å². The van der Waals surface area contributed by atoms with E-state index in [1.807, 2.05) is 17.6 Å². The summed E-state index contributed by atoms with van der Waals surface area (Å²) in [5.41, 5.74) is 2.32. The van der Waals surface area contributed by atoms with E-state index in [9.17, 15) is 4.39 Å². The molecule has 0 amide bonds. The van der Waals surface area contributed by atoms with Gasteiger partial charge in [-0.05, 0) is 57.6 Å². The number of anilines is 1. The van der Waals surface area contributed by atoms with Crippen molar-refractivity contribution in [3.63, 3.8) is 0 Å². The van der Waals surface area contributed by atoms with Gasteiger partial charge in [-0.2, -0.15) is 0 Å². The van der Waals surface area contributed by atoms with Gasteiger partial charge in [0.05, 0.1) is 22.4 Å². The van der Waals surface area contributed by atoms with Crippen LogP contribution in [0.25, 0.3) is 22.3 Å². The van der Waals surface area contributed by atoms with Crippen molar-refractivity contribution in [2.45, 2.75) is 58.5 Å². The first-order valence-corrected chi connectivity index (χ1v) is 10.8. The zero-order chi connectivity index (χ0) is 20.3. The topological polar surface area (TPSA) is 55.6 Å². The summed E-state index contributed by atoms with van der Waals surface area (Å²) in [4.78, 5) is 13.4. The molecular weight excluding hydrogens is 389 g/mol. The Balaban J connectivity index is 1.53. The molecule has 0 radical (unpaired) electrons. The number of aryl methyl sites for hydroxylation is 1. The van der Waals surface area contributed by atoms with Crippen molar-refractivity contribution in [3.8, 4) is 11.3 Å². The van der Waals surface area contributed by atoms with Crippen molar-refractivity contribution >= 4 is 28.6 Å². The van der Waals surface area contributed by atoms with Crippen molar-refractivity contribution in [2.75, 3.05) is 5.32 Å². The standard InChI is InChI=1S/C22H25ClFN5/c1-11(2)29-12(3)26-21-17(24)7-14(9-19(21)29)20-16(23)10-25-22(28-20)27-18-8-13-5-4-6-15(13)18/h7,9-11,13,15,18H,4-6,8H2,1-3H3,(H,25,27,28). The largest absolute Gasteiger partial charge is 0.351 e. The molecule has 2 aliphatic rings. The number of nitrogens with zero attached hydrogens (tertiary/aromatic N) is 4. The minimum Gasteiger partial charge on any atom is -0.351 e. The molecule has 2 heterocycles. The number of halogens is 2. The lowest BCUT2D eigenvalue weighted by atomic mass is 9.71. The van der Waals surface area contributed by atoms with Crippen molar-refractivity contribution in [2.24, 2.45) is 11.8 Å². The molecule has 0 aliphatic heterocycles. The molecule has 7 heteroatoms. The molecule has 0 bridgehead atoms. The van der Waals surface area contributed by atoms with E-state index in [2.05, 4.69) is 34.1 Å². The Labute approximate surface area is 174 Å². The zero-order valence-corrected chi connectivity index (χ0v) is 17.7. The molecule has 3 unspecified atom stereocenters. The Morgan fingerprint density at radius 3 is 2.83 bits per heavy atom. The molecule has 2 fully saturated rings. The van der Waals surface area contributed by atoms with Crippen LogP contribution in [-0.2, 0) is 0 Å². The van der Waals surface area contributed by atoms with Gasteiger partial charge in [-0.1, -0.05) is 24.4 Å². The van der Waals surface area contributed by atoms with E-state index < -0.39 is 0 Å². The van der Waals surface area contributed by atoms with Crippen LogP contribution in [0.5, 0.6) is 0 Å². The summed E-state index contributed by atoms with van der Waals surface area (Å²) in [6.45, 7) is 6.02. The highest BCUT2D eigenvalue weighted by molar-refractivity contribution is 6.33. The van der Waals surface area contributed by atoms with Crippen LogP contribution >= 0.6 is 11.6 Å².